The minimum atomic E-state index is 0.184. The molecule has 0 radical (unpaired) electrons. The average Bonchev–Trinajstić information content (AvgIpc) is 2.80. The second kappa shape index (κ2) is 7.61. The number of halogens is 2. The van der Waals surface area contributed by atoms with E-state index in [0.29, 0.717) is 23.5 Å². The first-order valence-electron chi connectivity index (χ1n) is 8.53. The highest BCUT2D eigenvalue weighted by molar-refractivity contribution is 6.35. The van der Waals surface area contributed by atoms with Gasteiger partial charge in [-0.25, -0.2) is 0 Å². The molecule has 4 nitrogen and oxygen atoms in total. The fourth-order valence-corrected chi connectivity index (χ4v) is 4.27. The maximum Gasteiger partial charge on any atom is 0.236 e. The van der Waals surface area contributed by atoms with Crippen molar-refractivity contribution in [1.82, 2.24) is 14.7 Å². The zero-order valence-corrected chi connectivity index (χ0v) is 15.9. The summed E-state index contributed by atoms with van der Waals surface area (Å²) in [5.41, 5.74) is 1.13. The van der Waals surface area contributed by atoms with E-state index in [9.17, 15) is 4.79 Å². The minimum absolute atomic E-state index is 0.184. The van der Waals surface area contributed by atoms with Crippen molar-refractivity contribution in [2.75, 3.05) is 40.3 Å². The molecule has 0 saturated carbocycles. The van der Waals surface area contributed by atoms with Gasteiger partial charge in [0.1, 0.15) is 0 Å². The van der Waals surface area contributed by atoms with E-state index in [0.717, 1.165) is 36.8 Å². The van der Waals surface area contributed by atoms with Crippen LogP contribution in [0.15, 0.2) is 18.2 Å². The summed E-state index contributed by atoms with van der Waals surface area (Å²) in [5.74, 6) is 0.813. The van der Waals surface area contributed by atoms with Crippen LogP contribution < -0.4 is 0 Å². The van der Waals surface area contributed by atoms with Crippen molar-refractivity contribution in [2.24, 2.45) is 5.92 Å². The van der Waals surface area contributed by atoms with E-state index in [-0.39, 0.29) is 5.91 Å². The largest absolute Gasteiger partial charge is 0.348 e. The number of benzene rings is 1. The molecule has 0 spiro atoms. The Kier molecular flexibility index (Phi) is 5.70. The SMILES string of the molecule is CN(C)C(=O)CN1CC2CCC(C1)N(Cc1ccc(Cl)cc1Cl)C2. The van der Waals surface area contributed by atoms with Crippen LogP contribution in [0.25, 0.3) is 0 Å². The summed E-state index contributed by atoms with van der Waals surface area (Å²) in [6, 6.07) is 6.24. The Bertz CT molecular complexity index is 608. The molecular weight excluding hydrogens is 345 g/mol. The summed E-state index contributed by atoms with van der Waals surface area (Å²) in [7, 11) is 3.65. The number of carbonyl (C=O) groups is 1. The molecule has 2 unspecified atom stereocenters. The van der Waals surface area contributed by atoms with Crippen LogP contribution in [0.1, 0.15) is 18.4 Å². The lowest BCUT2D eigenvalue weighted by molar-refractivity contribution is -0.130. The van der Waals surface area contributed by atoms with Crippen LogP contribution in [0.2, 0.25) is 10.0 Å². The summed E-state index contributed by atoms with van der Waals surface area (Å²) < 4.78 is 0. The van der Waals surface area contributed by atoms with Crippen LogP contribution in [-0.2, 0) is 11.3 Å². The lowest BCUT2D eigenvalue weighted by atomic mass is 9.94. The van der Waals surface area contributed by atoms with Gasteiger partial charge in [0.15, 0.2) is 0 Å². The van der Waals surface area contributed by atoms with E-state index in [1.54, 1.807) is 4.90 Å². The Balaban J connectivity index is 1.68. The Morgan fingerprint density at radius 1 is 1.21 bits per heavy atom. The smallest absolute Gasteiger partial charge is 0.236 e. The molecule has 0 aliphatic carbocycles. The normalized spacial score (nSPS) is 24.8. The Morgan fingerprint density at radius 2 is 2.00 bits per heavy atom. The van der Waals surface area contributed by atoms with E-state index in [2.05, 4.69) is 9.80 Å². The van der Waals surface area contributed by atoms with Crippen LogP contribution in [0.4, 0.5) is 0 Å². The van der Waals surface area contributed by atoms with Gasteiger partial charge in [0, 0.05) is 56.4 Å². The van der Waals surface area contributed by atoms with Crippen molar-refractivity contribution < 1.29 is 4.79 Å². The van der Waals surface area contributed by atoms with E-state index in [1.165, 1.54) is 12.8 Å². The Hall–Kier alpha value is -0.810. The van der Waals surface area contributed by atoms with Gasteiger partial charge in [-0.05, 0) is 36.5 Å². The Morgan fingerprint density at radius 3 is 2.71 bits per heavy atom. The molecule has 3 aliphatic rings. The maximum atomic E-state index is 12.0. The van der Waals surface area contributed by atoms with Gasteiger partial charge >= 0.3 is 0 Å². The molecule has 24 heavy (non-hydrogen) atoms. The first kappa shape index (κ1) is 18.0. The van der Waals surface area contributed by atoms with Gasteiger partial charge in [-0.3, -0.25) is 14.6 Å². The molecule has 0 N–H and O–H groups in total. The van der Waals surface area contributed by atoms with Crippen LogP contribution >= 0.6 is 23.2 Å². The van der Waals surface area contributed by atoms with E-state index in [1.807, 2.05) is 32.3 Å². The topological polar surface area (TPSA) is 26.8 Å². The lowest BCUT2D eigenvalue weighted by Gasteiger charge is -2.36. The van der Waals surface area contributed by atoms with Crippen molar-refractivity contribution in [3.05, 3.63) is 33.8 Å². The molecule has 6 heteroatoms. The van der Waals surface area contributed by atoms with Crippen molar-refractivity contribution in [2.45, 2.75) is 25.4 Å². The minimum Gasteiger partial charge on any atom is -0.348 e. The third-order valence-electron chi connectivity index (χ3n) is 5.15. The molecule has 2 atom stereocenters. The molecular formula is C18H25Cl2N3O. The molecule has 1 aromatic carbocycles. The van der Waals surface area contributed by atoms with Gasteiger partial charge in [0.2, 0.25) is 5.91 Å². The van der Waals surface area contributed by atoms with Crippen LogP contribution in [0, 0.1) is 5.92 Å². The molecule has 3 aliphatic heterocycles. The first-order valence-corrected chi connectivity index (χ1v) is 9.28. The second-order valence-corrected chi connectivity index (χ2v) is 8.09. The number of hydrogen-bond acceptors (Lipinski definition) is 3. The Labute approximate surface area is 154 Å². The summed E-state index contributed by atoms with van der Waals surface area (Å²) in [6.07, 6.45) is 2.45. The summed E-state index contributed by atoms with van der Waals surface area (Å²) in [6.45, 7) is 4.43. The number of piperidine rings is 1. The molecule has 132 valence electrons. The van der Waals surface area contributed by atoms with Crippen LogP contribution in [0.3, 0.4) is 0 Å². The van der Waals surface area contributed by atoms with Crippen LogP contribution in [0.5, 0.6) is 0 Å². The third kappa shape index (κ3) is 4.23. The fraction of sp³-hybridized carbons (Fsp3) is 0.611. The second-order valence-electron chi connectivity index (χ2n) is 7.24. The van der Waals surface area contributed by atoms with Gasteiger partial charge in [-0.1, -0.05) is 29.3 Å². The highest BCUT2D eigenvalue weighted by Gasteiger charge is 2.35. The summed E-state index contributed by atoms with van der Waals surface area (Å²) in [5, 5.41) is 1.41. The van der Waals surface area contributed by atoms with Gasteiger partial charge in [0.05, 0.1) is 6.54 Å². The van der Waals surface area contributed by atoms with Gasteiger partial charge in [0.25, 0.3) is 0 Å². The number of amides is 1. The van der Waals surface area contributed by atoms with E-state index < -0.39 is 0 Å². The number of likely N-dealkylation sites (N-methyl/N-ethyl adjacent to an activating group) is 1. The highest BCUT2D eigenvalue weighted by Crippen LogP contribution is 2.31. The highest BCUT2D eigenvalue weighted by atomic mass is 35.5. The number of rotatable bonds is 4. The van der Waals surface area contributed by atoms with Gasteiger partial charge in [-0.2, -0.15) is 0 Å². The number of carbonyl (C=O) groups excluding carboxylic acids is 1. The standard InChI is InChI=1S/C18H25Cl2N3O/c1-21(2)18(24)12-22-8-13-3-6-16(11-22)23(9-13)10-14-4-5-15(19)7-17(14)20/h4-5,7,13,16H,3,6,8-12H2,1-2H3. The molecule has 3 saturated heterocycles. The van der Waals surface area contributed by atoms with Crippen molar-refractivity contribution in [3.8, 4) is 0 Å². The lowest BCUT2D eigenvalue weighted by Crippen LogP contribution is -2.44. The van der Waals surface area contributed by atoms with Crippen LogP contribution in [-0.4, -0.2) is 66.9 Å². The number of hydrogen-bond donors (Lipinski definition) is 0. The molecule has 1 amide bonds. The molecule has 0 aromatic heterocycles. The van der Waals surface area contributed by atoms with E-state index in [4.69, 9.17) is 23.2 Å². The predicted octanol–water partition coefficient (Wildman–Crippen LogP) is 2.98. The van der Waals surface area contributed by atoms with Crippen molar-refractivity contribution >= 4 is 29.1 Å². The summed E-state index contributed by atoms with van der Waals surface area (Å²) >= 11 is 12.4. The predicted molar refractivity (Wildman–Crippen MR) is 98.5 cm³/mol. The maximum absolute atomic E-state index is 12.0. The molecule has 2 bridgehead atoms. The average molecular weight is 370 g/mol. The molecule has 3 fully saturated rings. The first-order chi connectivity index (χ1) is 11.4. The summed E-state index contributed by atoms with van der Waals surface area (Å²) in [4.78, 5) is 18.6. The fourth-order valence-electron chi connectivity index (χ4n) is 3.80. The quantitative estimate of drug-likeness (QED) is 0.815. The van der Waals surface area contributed by atoms with E-state index >= 15 is 0 Å². The number of nitrogens with zero attached hydrogens (tertiary/aromatic N) is 3. The zero-order chi connectivity index (χ0) is 17.3. The monoisotopic (exact) mass is 369 g/mol. The number of fused-ring (bicyclic) bond motifs is 4. The van der Waals surface area contributed by atoms with Crippen molar-refractivity contribution in [3.63, 3.8) is 0 Å². The zero-order valence-electron chi connectivity index (χ0n) is 14.3. The van der Waals surface area contributed by atoms with Crippen molar-refractivity contribution in [1.29, 1.82) is 0 Å². The van der Waals surface area contributed by atoms with Gasteiger partial charge in [-0.15, -0.1) is 0 Å². The van der Waals surface area contributed by atoms with Gasteiger partial charge < -0.3 is 4.90 Å². The molecule has 4 rings (SSSR count). The molecule has 1 aromatic rings. The third-order valence-corrected chi connectivity index (χ3v) is 5.74. The molecule has 3 heterocycles.